The van der Waals surface area contributed by atoms with E-state index < -0.39 is 5.67 Å². The van der Waals surface area contributed by atoms with Gasteiger partial charge in [-0.25, -0.2) is 4.39 Å². The van der Waals surface area contributed by atoms with Crippen LogP contribution in [0.4, 0.5) is 10.1 Å². The topological polar surface area (TPSA) is 50.9 Å². The Morgan fingerprint density at radius 3 is 3.07 bits per heavy atom. The number of alkyl halides is 1. The van der Waals surface area contributed by atoms with E-state index in [0.717, 1.165) is 13.0 Å². The summed E-state index contributed by atoms with van der Waals surface area (Å²) in [6, 6.07) is 1.66. The van der Waals surface area contributed by atoms with Gasteiger partial charge in [0, 0.05) is 23.6 Å². The molecule has 0 aromatic carbocycles. The van der Waals surface area contributed by atoms with Gasteiger partial charge in [0.15, 0.2) is 0 Å². The fraction of sp³-hybridized carbons (Fsp3) is 0.545. The fourth-order valence-corrected chi connectivity index (χ4v) is 2.08. The minimum absolute atomic E-state index is 0.475. The van der Waals surface area contributed by atoms with Crippen molar-refractivity contribution in [3.05, 3.63) is 24.0 Å². The molecule has 0 bridgehead atoms. The second-order valence-corrected chi connectivity index (χ2v) is 4.03. The molecule has 1 aromatic rings. The van der Waals surface area contributed by atoms with Crippen LogP contribution in [0.3, 0.4) is 0 Å². The summed E-state index contributed by atoms with van der Waals surface area (Å²) >= 11 is 0. The van der Waals surface area contributed by atoms with Gasteiger partial charge in [-0.1, -0.05) is 0 Å². The quantitative estimate of drug-likeness (QED) is 0.738. The third-order valence-electron chi connectivity index (χ3n) is 2.96. The molecule has 0 spiro atoms. The number of aromatic nitrogens is 1. The van der Waals surface area contributed by atoms with Crippen LogP contribution in [0, 0.1) is 0 Å². The molecule has 2 rings (SSSR count). The van der Waals surface area contributed by atoms with Gasteiger partial charge in [0.25, 0.3) is 0 Å². The highest BCUT2D eigenvalue weighted by molar-refractivity contribution is 5.47. The van der Waals surface area contributed by atoms with Crippen LogP contribution in [-0.2, 0) is 5.67 Å². The van der Waals surface area contributed by atoms with Gasteiger partial charge in [-0.05, 0) is 38.4 Å². The normalized spacial score (nSPS) is 27.3. The van der Waals surface area contributed by atoms with E-state index in [4.69, 9.17) is 5.73 Å². The van der Waals surface area contributed by atoms with Crippen LogP contribution < -0.4 is 11.1 Å². The predicted molar refractivity (Wildman–Crippen MR) is 58.2 cm³/mol. The summed E-state index contributed by atoms with van der Waals surface area (Å²) in [5.74, 6) is 0. The summed E-state index contributed by atoms with van der Waals surface area (Å²) in [5.41, 5.74) is 5.54. The van der Waals surface area contributed by atoms with Gasteiger partial charge in [-0.2, -0.15) is 0 Å². The first-order valence-electron chi connectivity index (χ1n) is 5.32. The third kappa shape index (κ3) is 2.09. The summed E-state index contributed by atoms with van der Waals surface area (Å²) in [7, 11) is 0. The van der Waals surface area contributed by atoms with E-state index in [9.17, 15) is 4.39 Å². The number of hydrogen-bond acceptors (Lipinski definition) is 3. The van der Waals surface area contributed by atoms with E-state index in [1.807, 2.05) is 0 Å². The van der Waals surface area contributed by atoms with E-state index in [1.165, 1.54) is 0 Å². The molecule has 82 valence electrons. The number of nitrogens with two attached hydrogens (primary N) is 1. The van der Waals surface area contributed by atoms with Gasteiger partial charge < -0.3 is 11.1 Å². The smallest absolute Gasteiger partial charge is 0.140 e. The van der Waals surface area contributed by atoms with E-state index in [2.05, 4.69) is 10.3 Å². The molecule has 0 aliphatic carbocycles. The predicted octanol–water partition coefficient (Wildman–Crippen LogP) is 1.60. The summed E-state index contributed by atoms with van der Waals surface area (Å²) < 4.78 is 14.7. The summed E-state index contributed by atoms with van der Waals surface area (Å²) in [6.07, 6.45) is 4.99. The largest absolute Gasteiger partial charge is 0.398 e. The molecule has 4 heteroatoms. The van der Waals surface area contributed by atoms with Crippen LogP contribution in [0.25, 0.3) is 0 Å². The Hall–Kier alpha value is -1.16. The van der Waals surface area contributed by atoms with Crippen molar-refractivity contribution in [1.29, 1.82) is 0 Å². The van der Waals surface area contributed by atoms with Gasteiger partial charge in [0.1, 0.15) is 5.67 Å². The standard InChI is InChI=1S/C11H16FN3/c12-11(3-1-5-14-7-4-11)9-8-15-6-2-10(9)13/h2,6,8,14H,1,3-5,7H2,(H2,13,15). The van der Waals surface area contributed by atoms with Crippen molar-refractivity contribution in [3.8, 4) is 0 Å². The zero-order valence-corrected chi connectivity index (χ0v) is 8.67. The van der Waals surface area contributed by atoms with Crippen LogP contribution in [0.15, 0.2) is 18.5 Å². The minimum atomic E-state index is -1.30. The highest BCUT2D eigenvalue weighted by atomic mass is 19.1. The maximum Gasteiger partial charge on any atom is 0.140 e. The molecule has 0 radical (unpaired) electrons. The third-order valence-corrected chi connectivity index (χ3v) is 2.96. The van der Waals surface area contributed by atoms with Gasteiger partial charge >= 0.3 is 0 Å². The number of pyridine rings is 1. The number of nitrogen functional groups attached to an aromatic ring is 1. The Morgan fingerprint density at radius 2 is 2.27 bits per heavy atom. The summed E-state index contributed by atoms with van der Waals surface area (Å²) in [4.78, 5) is 3.96. The van der Waals surface area contributed by atoms with Crippen molar-refractivity contribution in [1.82, 2.24) is 10.3 Å². The van der Waals surface area contributed by atoms with E-state index >= 15 is 0 Å². The van der Waals surface area contributed by atoms with Crippen molar-refractivity contribution >= 4 is 5.69 Å². The molecule has 1 aromatic heterocycles. The van der Waals surface area contributed by atoms with E-state index in [0.29, 0.717) is 30.6 Å². The number of rotatable bonds is 1. The molecule has 1 unspecified atom stereocenters. The molecule has 1 fully saturated rings. The van der Waals surface area contributed by atoms with Gasteiger partial charge in [0.2, 0.25) is 0 Å². The SMILES string of the molecule is Nc1ccncc1C1(F)CCCNCC1. The fourth-order valence-electron chi connectivity index (χ4n) is 2.08. The Labute approximate surface area is 88.9 Å². The van der Waals surface area contributed by atoms with Gasteiger partial charge in [0.05, 0.1) is 0 Å². The first-order chi connectivity index (χ1) is 7.22. The molecule has 1 aliphatic heterocycles. The second kappa shape index (κ2) is 4.14. The van der Waals surface area contributed by atoms with Crippen molar-refractivity contribution < 1.29 is 4.39 Å². The zero-order chi connectivity index (χ0) is 10.7. The first-order valence-corrected chi connectivity index (χ1v) is 5.32. The zero-order valence-electron chi connectivity index (χ0n) is 8.67. The number of hydrogen-bond donors (Lipinski definition) is 2. The van der Waals surface area contributed by atoms with Crippen molar-refractivity contribution in [2.45, 2.75) is 24.9 Å². The molecule has 0 saturated carbocycles. The lowest BCUT2D eigenvalue weighted by Crippen LogP contribution is -2.23. The maximum absolute atomic E-state index is 14.7. The average molecular weight is 209 g/mol. The second-order valence-electron chi connectivity index (χ2n) is 4.03. The van der Waals surface area contributed by atoms with E-state index in [1.54, 1.807) is 18.5 Å². The molecule has 3 nitrogen and oxygen atoms in total. The van der Waals surface area contributed by atoms with E-state index in [-0.39, 0.29) is 0 Å². The van der Waals surface area contributed by atoms with Crippen LogP contribution in [0.1, 0.15) is 24.8 Å². The molecule has 1 aliphatic rings. The maximum atomic E-state index is 14.7. The van der Waals surface area contributed by atoms with Crippen LogP contribution in [0.5, 0.6) is 0 Å². The lowest BCUT2D eigenvalue weighted by molar-refractivity contribution is 0.145. The van der Waals surface area contributed by atoms with Crippen molar-refractivity contribution in [2.24, 2.45) is 0 Å². The molecule has 0 amide bonds. The van der Waals surface area contributed by atoms with Gasteiger partial charge in [-0.3, -0.25) is 4.98 Å². The Morgan fingerprint density at radius 1 is 1.40 bits per heavy atom. The summed E-state index contributed by atoms with van der Waals surface area (Å²) in [5, 5.41) is 3.19. The summed E-state index contributed by atoms with van der Waals surface area (Å²) in [6.45, 7) is 1.58. The Balaban J connectivity index is 2.30. The lowest BCUT2D eigenvalue weighted by Gasteiger charge is -2.24. The highest BCUT2D eigenvalue weighted by Gasteiger charge is 2.34. The molecular weight excluding hydrogens is 193 g/mol. The van der Waals surface area contributed by atoms with Crippen LogP contribution in [-0.4, -0.2) is 18.1 Å². The first kappa shape index (κ1) is 10.4. The number of anilines is 1. The minimum Gasteiger partial charge on any atom is -0.398 e. The molecule has 2 heterocycles. The molecule has 3 N–H and O–H groups in total. The van der Waals surface area contributed by atoms with Crippen molar-refractivity contribution in [3.63, 3.8) is 0 Å². The molecule has 1 atom stereocenters. The molecule has 15 heavy (non-hydrogen) atoms. The van der Waals surface area contributed by atoms with Crippen LogP contribution >= 0.6 is 0 Å². The number of nitrogens with one attached hydrogen (secondary N) is 1. The Bertz CT molecular complexity index is 332. The molecular formula is C11H16FN3. The lowest BCUT2D eigenvalue weighted by atomic mass is 9.89. The van der Waals surface area contributed by atoms with Crippen molar-refractivity contribution in [2.75, 3.05) is 18.8 Å². The Kier molecular flexibility index (Phi) is 2.86. The average Bonchev–Trinajstić information content (AvgIpc) is 2.44. The van der Waals surface area contributed by atoms with Gasteiger partial charge in [-0.15, -0.1) is 0 Å². The van der Waals surface area contributed by atoms with Crippen LogP contribution in [0.2, 0.25) is 0 Å². The molecule has 1 saturated heterocycles. The number of nitrogens with zero attached hydrogens (tertiary/aromatic N) is 1. The number of halogens is 1. The monoisotopic (exact) mass is 209 g/mol. The highest BCUT2D eigenvalue weighted by Crippen LogP contribution is 2.37.